The van der Waals surface area contributed by atoms with E-state index in [0.717, 1.165) is 43.6 Å². The SMILES string of the molecule is Cc1nc(NC2CCCC2)cc(N2CCN(C)CC2)n1. The van der Waals surface area contributed by atoms with Crippen LogP contribution in [0.2, 0.25) is 0 Å². The molecule has 0 aromatic carbocycles. The largest absolute Gasteiger partial charge is 0.367 e. The Kier molecular flexibility index (Phi) is 4.05. The molecule has 1 aliphatic heterocycles. The zero-order valence-electron chi connectivity index (χ0n) is 12.6. The van der Waals surface area contributed by atoms with Crippen LogP contribution in [-0.4, -0.2) is 54.1 Å². The summed E-state index contributed by atoms with van der Waals surface area (Å²) in [7, 11) is 2.18. The van der Waals surface area contributed by atoms with Gasteiger partial charge in [-0.1, -0.05) is 12.8 Å². The van der Waals surface area contributed by atoms with Gasteiger partial charge >= 0.3 is 0 Å². The molecule has 2 aliphatic rings. The fourth-order valence-electron chi connectivity index (χ4n) is 3.10. The Bertz CT molecular complexity index is 448. The topological polar surface area (TPSA) is 44.3 Å². The van der Waals surface area contributed by atoms with Gasteiger partial charge in [0.1, 0.15) is 17.5 Å². The molecule has 110 valence electrons. The van der Waals surface area contributed by atoms with Gasteiger partial charge in [0.2, 0.25) is 0 Å². The van der Waals surface area contributed by atoms with Gasteiger partial charge < -0.3 is 15.1 Å². The molecule has 1 saturated carbocycles. The summed E-state index contributed by atoms with van der Waals surface area (Å²) in [6.07, 6.45) is 5.22. The van der Waals surface area contributed by atoms with Crippen LogP contribution in [0.1, 0.15) is 31.5 Å². The first kappa shape index (κ1) is 13.6. The van der Waals surface area contributed by atoms with Crippen LogP contribution in [0, 0.1) is 6.92 Å². The van der Waals surface area contributed by atoms with Gasteiger partial charge in [-0.05, 0) is 26.8 Å². The second-order valence-corrected chi connectivity index (χ2v) is 6.07. The molecule has 2 heterocycles. The number of nitrogens with zero attached hydrogens (tertiary/aromatic N) is 4. The van der Waals surface area contributed by atoms with E-state index < -0.39 is 0 Å². The summed E-state index contributed by atoms with van der Waals surface area (Å²) in [4.78, 5) is 13.9. The Labute approximate surface area is 121 Å². The fourth-order valence-corrected chi connectivity index (χ4v) is 3.10. The van der Waals surface area contributed by atoms with Crippen molar-refractivity contribution in [1.29, 1.82) is 0 Å². The Morgan fingerprint density at radius 2 is 1.80 bits per heavy atom. The van der Waals surface area contributed by atoms with Crippen molar-refractivity contribution in [3.63, 3.8) is 0 Å². The first-order valence-electron chi connectivity index (χ1n) is 7.76. The first-order chi connectivity index (χ1) is 9.70. The lowest BCUT2D eigenvalue weighted by atomic mass is 10.2. The molecule has 0 spiro atoms. The first-order valence-corrected chi connectivity index (χ1v) is 7.76. The second kappa shape index (κ2) is 5.95. The van der Waals surface area contributed by atoms with Gasteiger partial charge in [0.25, 0.3) is 0 Å². The highest BCUT2D eigenvalue weighted by atomic mass is 15.3. The molecule has 2 fully saturated rings. The highest BCUT2D eigenvalue weighted by Crippen LogP contribution is 2.23. The maximum atomic E-state index is 4.61. The van der Waals surface area contributed by atoms with Crippen LogP contribution in [0.4, 0.5) is 11.6 Å². The van der Waals surface area contributed by atoms with Crippen LogP contribution >= 0.6 is 0 Å². The van der Waals surface area contributed by atoms with Gasteiger partial charge in [0.15, 0.2) is 0 Å². The number of hydrogen-bond donors (Lipinski definition) is 1. The lowest BCUT2D eigenvalue weighted by Gasteiger charge is -2.33. The minimum atomic E-state index is 0.602. The molecule has 0 atom stereocenters. The minimum absolute atomic E-state index is 0.602. The smallest absolute Gasteiger partial charge is 0.134 e. The van der Waals surface area contributed by atoms with E-state index in [1.54, 1.807) is 0 Å². The van der Waals surface area contributed by atoms with Crippen molar-refractivity contribution in [3.05, 3.63) is 11.9 Å². The van der Waals surface area contributed by atoms with E-state index in [4.69, 9.17) is 0 Å². The van der Waals surface area contributed by atoms with Crippen LogP contribution in [0.5, 0.6) is 0 Å². The summed E-state index contributed by atoms with van der Waals surface area (Å²) in [5.74, 6) is 2.94. The van der Waals surface area contributed by atoms with Crippen LogP contribution < -0.4 is 10.2 Å². The van der Waals surface area contributed by atoms with Crippen LogP contribution in [0.25, 0.3) is 0 Å². The lowest BCUT2D eigenvalue weighted by molar-refractivity contribution is 0.312. The molecule has 0 radical (unpaired) electrons. The van der Waals surface area contributed by atoms with Gasteiger partial charge in [-0.3, -0.25) is 0 Å². The third kappa shape index (κ3) is 3.20. The Morgan fingerprint density at radius 3 is 2.50 bits per heavy atom. The van der Waals surface area contributed by atoms with Crippen LogP contribution in [0.3, 0.4) is 0 Å². The third-order valence-electron chi connectivity index (χ3n) is 4.36. The van der Waals surface area contributed by atoms with Gasteiger partial charge in [0, 0.05) is 38.3 Å². The Hall–Kier alpha value is -1.36. The summed E-state index contributed by atoms with van der Waals surface area (Å²) in [5, 5.41) is 3.58. The summed E-state index contributed by atoms with van der Waals surface area (Å²) in [5.41, 5.74) is 0. The molecule has 5 heteroatoms. The molecular formula is C15H25N5. The summed E-state index contributed by atoms with van der Waals surface area (Å²) in [6, 6.07) is 2.72. The van der Waals surface area contributed by atoms with E-state index in [1.165, 1.54) is 25.7 Å². The zero-order chi connectivity index (χ0) is 13.9. The average molecular weight is 275 g/mol. The molecule has 0 unspecified atom stereocenters. The Balaban J connectivity index is 1.72. The number of aryl methyl sites for hydroxylation is 1. The molecule has 1 aromatic heterocycles. The average Bonchev–Trinajstić information content (AvgIpc) is 2.91. The summed E-state index contributed by atoms with van der Waals surface area (Å²) >= 11 is 0. The van der Waals surface area contributed by atoms with Crippen molar-refractivity contribution in [2.75, 3.05) is 43.4 Å². The molecule has 0 amide bonds. The molecule has 1 N–H and O–H groups in total. The number of rotatable bonds is 3. The number of hydrogen-bond acceptors (Lipinski definition) is 5. The van der Waals surface area contributed by atoms with E-state index >= 15 is 0 Å². The van der Waals surface area contributed by atoms with E-state index in [1.807, 2.05) is 6.92 Å². The predicted molar refractivity (Wildman–Crippen MR) is 82.4 cm³/mol. The van der Waals surface area contributed by atoms with Gasteiger partial charge in [-0.25, -0.2) is 9.97 Å². The van der Waals surface area contributed by atoms with Crippen LogP contribution in [0.15, 0.2) is 6.07 Å². The maximum Gasteiger partial charge on any atom is 0.134 e. The van der Waals surface area contributed by atoms with Crippen molar-refractivity contribution in [3.8, 4) is 0 Å². The zero-order valence-corrected chi connectivity index (χ0v) is 12.6. The molecular weight excluding hydrogens is 250 g/mol. The standard InChI is InChI=1S/C15H25N5/c1-12-16-14(18-13-5-3-4-6-13)11-15(17-12)20-9-7-19(2)8-10-20/h11,13H,3-10H2,1-2H3,(H,16,17,18). The molecule has 1 saturated heterocycles. The minimum Gasteiger partial charge on any atom is -0.367 e. The van der Waals surface area contributed by atoms with Crippen molar-refractivity contribution in [2.24, 2.45) is 0 Å². The highest BCUT2D eigenvalue weighted by Gasteiger charge is 2.18. The lowest BCUT2D eigenvalue weighted by Crippen LogP contribution is -2.44. The van der Waals surface area contributed by atoms with E-state index in [9.17, 15) is 0 Å². The van der Waals surface area contributed by atoms with Crippen molar-refractivity contribution in [2.45, 2.75) is 38.6 Å². The number of nitrogens with one attached hydrogen (secondary N) is 1. The quantitative estimate of drug-likeness (QED) is 0.912. The third-order valence-corrected chi connectivity index (χ3v) is 4.36. The van der Waals surface area contributed by atoms with Crippen molar-refractivity contribution >= 4 is 11.6 Å². The molecule has 20 heavy (non-hydrogen) atoms. The molecule has 3 rings (SSSR count). The van der Waals surface area contributed by atoms with Gasteiger partial charge in [-0.2, -0.15) is 0 Å². The Morgan fingerprint density at radius 1 is 1.10 bits per heavy atom. The normalized spacial score (nSPS) is 21.4. The van der Waals surface area contributed by atoms with Crippen LogP contribution in [-0.2, 0) is 0 Å². The monoisotopic (exact) mass is 275 g/mol. The van der Waals surface area contributed by atoms with E-state index in [2.05, 4.69) is 38.2 Å². The molecule has 0 bridgehead atoms. The van der Waals surface area contributed by atoms with E-state index in [-0.39, 0.29) is 0 Å². The van der Waals surface area contributed by atoms with Gasteiger partial charge in [0.05, 0.1) is 0 Å². The summed E-state index contributed by atoms with van der Waals surface area (Å²) in [6.45, 7) is 6.30. The fraction of sp³-hybridized carbons (Fsp3) is 0.733. The summed E-state index contributed by atoms with van der Waals surface area (Å²) < 4.78 is 0. The molecule has 5 nitrogen and oxygen atoms in total. The van der Waals surface area contributed by atoms with E-state index in [0.29, 0.717) is 6.04 Å². The van der Waals surface area contributed by atoms with Gasteiger partial charge in [-0.15, -0.1) is 0 Å². The number of likely N-dealkylation sites (N-methyl/N-ethyl adjacent to an activating group) is 1. The molecule has 1 aliphatic carbocycles. The predicted octanol–water partition coefficient (Wildman–Crippen LogP) is 1.89. The van der Waals surface area contributed by atoms with Crippen molar-refractivity contribution < 1.29 is 0 Å². The number of anilines is 2. The van der Waals surface area contributed by atoms with Crippen molar-refractivity contribution in [1.82, 2.24) is 14.9 Å². The maximum absolute atomic E-state index is 4.61. The number of aromatic nitrogens is 2. The number of piperazine rings is 1. The molecule has 1 aromatic rings. The highest BCUT2D eigenvalue weighted by molar-refractivity contribution is 5.50. The second-order valence-electron chi connectivity index (χ2n) is 6.07.